The van der Waals surface area contributed by atoms with E-state index in [0.29, 0.717) is 11.3 Å². The number of hydrogen-bond acceptors (Lipinski definition) is 6. The first-order chi connectivity index (χ1) is 11.5. The van der Waals surface area contributed by atoms with E-state index < -0.39 is 0 Å². The molecule has 0 aliphatic heterocycles. The molecule has 0 aliphatic rings. The lowest BCUT2D eigenvalue weighted by molar-refractivity contribution is 1.15. The van der Waals surface area contributed by atoms with Crippen LogP contribution in [0.5, 0.6) is 0 Å². The molecule has 8 heteroatoms. The van der Waals surface area contributed by atoms with Crippen LogP contribution in [0.3, 0.4) is 0 Å². The second kappa shape index (κ2) is 7.58. The highest BCUT2D eigenvalue weighted by Gasteiger charge is 2.00. The van der Waals surface area contributed by atoms with E-state index >= 15 is 0 Å². The Kier molecular flexibility index (Phi) is 5.51. The highest BCUT2D eigenvalue weighted by Crippen LogP contribution is 2.05. The first kappa shape index (κ1) is 17.5. The first-order valence-corrected chi connectivity index (χ1v) is 7.83. The first-order valence-electron chi connectivity index (χ1n) is 7.83. The molecule has 4 aromatic rings. The molecule has 0 saturated carbocycles. The van der Waals surface area contributed by atoms with E-state index in [4.69, 9.17) is 0 Å². The average Bonchev–Trinajstić information content (AvgIpc) is 3.09. The van der Waals surface area contributed by atoms with Crippen molar-refractivity contribution in [1.82, 2.24) is 39.9 Å². The van der Waals surface area contributed by atoms with Gasteiger partial charge in [0.1, 0.15) is 11.6 Å². The van der Waals surface area contributed by atoms with Crippen molar-refractivity contribution in [3.8, 4) is 0 Å². The van der Waals surface area contributed by atoms with Crippen molar-refractivity contribution in [1.29, 1.82) is 0 Å². The molecular formula is C16H22N8. The standard InChI is InChI=1S/2C7H8N4.C2H6/c2*1-4-3-8-6-7(9-4)11-5(2)10-6;1-2/h2*3H,1-2H3,(H,8,9,10,11);1-2H3. The topological polar surface area (TPSA) is 109 Å². The second-order valence-corrected chi connectivity index (χ2v) is 5.01. The van der Waals surface area contributed by atoms with Gasteiger partial charge in [-0.15, -0.1) is 0 Å². The second-order valence-electron chi connectivity index (χ2n) is 5.01. The zero-order valence-corrected chi connectivity index (χ0v) is 14.8. The van der Waals surface area contributed by atoms with Crippen LogP contribution in [0.25, 0.3) is 22.6 Å². The van der Waals surface area contributed by atoms with Crippen molar-refractivity contribution >= 4 is 22.6 Å². The van der Waals surface area contributed by atoms with Crippen LogP contribution in [0.4, 0.5) is 0 Å². The van der Waals surface area contributed by atoms with E-state index in [9.17, 15) is 0 Å². The number of aromatic amines is 2. The zero-order chi connectivity index (χ0) is 17.7. The summed E-state index contributed by atoms with van der Waals surface area (Å²) in [7, 11) is 0. The minimum absolute atomic E-state index is 0.688. The van der Waals surface area contributed by atoms with Gasteiger partial charge in [-0.1, -0.05) is 13.8 Å². The quantitative estimate of drug-likeness (QED) is 0.514. The maximum Gasteiger partial charge on any atom is 0.197 e. The van der Waals surface area contributed by atoms with Crippen molar-refractivity contribution in [2.24, 2.45) is 0 Å². The summed E-state index contributed by atoms with van der Waals surface area (Å²) in [6, 6.07) is 0. The van der Waals surface area contributed by atoms with Crippen LogP contribution in [0.2, 0.25) is 0 Å². The summed E-state index contributed by atoms with van der Waals surface area (Å²) in [4.78, 5) is 30.9. The molecule has 0 fully saturated rings. The number of aryl methyl sites for hydroxylation is 4. The highest BCUT2D eigenvalue weighted by molar-refractivity contribution is 5.65. The Hall–Kier alpha value is -2.90. The Labute approximate surface area is 140 Å². The van der Waals surface area contributed by atoms with Crippen LogP contribution in [0.1, 0.15) is 36.9 Å². The monoisotopic (exact) mass is 326 g/mol. The summed E-state index contributed by atoms with van der Waals surface area (Å²) in [6.07, 6.45) is 3.42. The van der Waals surface area contributed by atoms with E-state index in [1.54, 1.807) is 12.4 Å². The number of hydrogen-bond donors (Lipinski definition) is 2. The van der Waals surface area contributed by atoms with Crippen LogP contribution in [-0.4, -0.2) is 39.9 Å². The lowest BCUT2D eigenvalue weighted by Crippen LogP contribution is -1.84. The molecule has 0 atom stereocenters. The summed E-state index contributed by atoms with van der Waals surface area (Å²) in [5.74, 6) is 1.70. The molecule has 4 rings (SSSR count). The third-order valence-corrected chi connectivity index (χ3v) is 2.89. The Morgan fingerprint density at radius 2 is 1.00 bits per heavy atom. The predicted octanol–water partition coefficient (Wildman–Crippen LogP) is 2.97. The smallest absolute Gasteiger partial charge is 0.197 e. The van der Waals surface area contributed by atoms with E-state index in [1.165, 1.54) is 0 Å². The van der Waals surface area contributed by atoms with E-state index in [1.807, 2.05) is 41.5 Å². The molecule has 4 aromatic heterocycles. The van der Waals surface area contributed by atoms with Gasteiger partial charge in [-0.2, -0.15) is 0 Å². The summed E-state index contributed by atoms with van der Waals surface area (Å²) >= 11 is 0. The molecule has 0 aliphatic carbocycles. The zero-order valence-electron chi connectivity index (χ0n) is 14.8. The van der Waals surface area contributed by atoms with Gasteiger partial charge in [-0.25, -0.2) is 29.9 Å². The number of H-pyrrole nitrogens is 2. The molecule has 0 aromatic carbocycles. The van der Waals surface area contributed by atoms with Crippen molar-refractivity contribution in [2.75, 3.05) is 0 Å². The molecule has 0 bridgehead atoms. The van der Waals surface area contributed by atoms with Crippen LogP contribution in [-0.2, 0) is 0 Å². The molecule has 126 valence electrons. The van der Waals surface area contributed by atoms with Crippen molar-refractivity contribution in [3.05, 3.63) is 35.4 Å². The van der Waals surface area contributed by atoms with Gasteiger partial charge in [0, 0.05) is 0 Å². The van der Waals surface area contributed by atoms with Gasteiger partial charge >= 0.3 is 0 Å². The lowest BCUT2D eigenvalue weighted by atomic mass is 10.5. The number of fused-ring (bicyclic) bond motifs is 2. The Balaban J connectivity index is 0.000000158. The Morgan fingerprint density at radius 3 is 1.38 bits per heavy atom. The fraction of sp³-hybridized carbons (Fsp3) is 0.375. The van der Waals surface area contributed by atoms with Gasteiger partial charge in [0.2, 0.25) is 0 Å². The van der Waals surface area contributed by atoms with Gasteiger partial charge in [0.05, 0.1) is 23.8 Å². The summed E-state index contributed by atoms with van der Waals surface area (Å²) in [5, 5.41) is 0. The van der Waals surface area contributed by atoms with Crippen LogP contribution in [0, 0.1) is 27.7 Å². The molecule has 24 heavy (non-hydrogen) atoms. The van der Waals surface area contributed by atoms with E-state index in [-0.39, 0.29) is 0 Å². The number of rotatable bonds is 0. The fourth-order valence-corrected chi connectivity index (χ4v) is 1.99. The number of nitrogens with zero attached hydrogens (tertiary/aromatic N) is 6. The fourth-order valence-electron chi connectivity index (χ4n) is 1.99. The number of nitrogens with one attached hydrogen (secondary N) is 2. The third-order valence-electron chi connectivity index (χ3n) is 2.89. The number of imidazole rings is 2. The molecule has 0 radical (unpaired) electrons. The van der Waals surface area contributed by atoms with Gasteiger partial charge in [0.15, 0.2) is 22.6 Å². The van der Waals surface area contributed by atoms with Gasteiger partial charge in [-0.05, 0) is 27.7 Å². The molecule has 0 saturated heterocycles. The lowest BCUT2D eigenvalue weighted by Gasteiger charge is -1.87. The summed E-state index contributed by atoms with van der Waals surface area (Å²) < 4.78 is 0. The summed E-state index contributed by atoms with van der Waals surface area (Å²) in [6.45, 7) is 11.6. The molecule has 4 heterocycles. The maximum absolute atomic E-state index is 4.22. The van der Waals surface area contributed by atoms with Crippen molar-refractivity contribution in [2.45, 2.75) is 41.5 Å². The minimum atomic E-state index is 0.688. The summed E-state index contributed by atoms with van der Waals surface area (Å²) in [5.41, 5.74) is 4.72. The normalized spacial score (nSPS) is 10.1. The van der Waals surface area contributed by atoms with Crippen molar-refractivity contribution in [3.63, 3.8) is 0 Å². The largest absolute Gasteiger partial charge is 0.325 e. The molecule has 0 amide bonds. The van der Waals surface area contributed by atoms with Gasteiger partial charge < -0.3 is 9.97 Å². The van der Waals surface area contributed by atoms with Gasteiger partial charge in [-0.3, -0.25) is 0 Å². The molecule has 0 unspecified atom stereocenters. The minimum Gasteiger partial charge on any atom is -0.325 e. The molecule has 2 N–H and O–H groups in total. The van der Waals surface area contributed by atoms with Crippen LogP contribution >= 0.6 is 0 Å². The molecule has 0 spiro atoms. The van der Waals surface area contributed by atoms with Crippen LogP contribution in [0.15, 0.2) is 12.4 Å². The average molecular weight is 326 g/mol. The number of aromatic nitrogens is 8. The SMILES string of the molecule is CC.Cc1cnc2nc(C)[nH]c2n1.Cc1cnc2nc(C)[nH]c2n1. The maximum atomic E-state index is 4.22. The van der Waals surface area contributed by atoms with Gasteiger partial charge in [0.25, 0.3) is 0 Å². The Bertz CT molecular complexity index is 860. The predicted molar refractivity (Wildman–Crippen MR) is 93.7 cm³/mol. The third kappa shape index (κ3) is 4.09. The van der Waals surface area contributed by atoms with E-state index in [2.05, 4.69) is 39.9 Å². The molecule has 8 nitrogen and oxygen atoms in total. The van der Waals surface area contributed by atoms with E-state index in [0.717, 1.165) is 34.3 Å². The van der Waals surface area contributed by atoms with Crippen LogP contribution < -0.4 is 0 Å². The Morgan fingerprint density at radius 1 is 0.625 bits per heavy atom. The highest BCUT2D eigenvalue weighted by atomic mass is 15.0. The van der Waals surface area contributed by atoms with Crippen molar-refractivity contribution < 1.29 is 0 Å². The molecular weight excluding hydrogens is 304 g/mol.